The van der Waals surface area contributed by atoms with Crippen molar-refractivity contribution in [2.24, 2.45) is 5.41 Å². The van der Waals surface area contributed by atoms with Gasteiger partial charge in [-0.2, -0.15) is 13.2 Å². The number of unbranched alkanes of at least 4 members (excludes halogenated alkanes) is 1. The maximum absolute atomic E-state index is 12.9. The van der Waals surface area contributed by atoms with Gasteiger partial charge in [-0.1, -0.05) is 13.3 Å². The third-order valence-corrected chi connectivity index (χ3v) is 2.95. The van der Waals surface area contributed by atoms with Gasteiger partial charge in [0.1, 0.15) is 0 Å². The van der Waals surface area contributed by atoms with Crippen LogP contribution in [0.1, 0.15) is 26.2 Å². The summed E-state index contributed by atoms with van der Waals surface area (Å²) in [6.07, 6.45) is -3.11. The second kappa shape index (κ2) is 5.03. The number of nitrogens with one attached hydrogen (secondary N) is 2. The fourth-order valence-electron chi connectivity index (χ4n) is 1.80. The predicted octanol–water partition coefficient (Wildman–Crippen LogP) is 1.44. The molecule has 1 heterocycles. The molecule has 1 aliphatic rings. The van der Waals surface area contributed by atoms with Crippen LogP contribution in [0.15, 0.2) is 0 Å². The topological polar surface area (TPSA) is 41.1 Å². The van der Waals surface area contributed by atoms with Gasteiger partial charge in [0.15, 0.2) is 5.41 Å². The van der Waals surface area contributed by atoms with E-state index in [-0.39, 0.29) is 19.5 Å². The molecule has 1 unspecified atom stereocenters. The second-order valence-electron chi connectivity index (χ2n) is 4.12. The molecule has 1 atom stereocenters. The smallest absolute Gasteiger partial charge is 0.355 e. The standard InChI is InChI=1S/C10H17F3N2O/c1-2-3-5-15-8(16)9(10(11,12)13)4-6-14-7-9/h14H,2-7H2,1H3,(H,15,16). The first-order valence-electron chi connectivity index (χ1n) is 5.50. The molecule has 1 rings (SSSR count). The van der Waals surface area contributed by atoms with Crippen molar-refractivity contribution < 1.29 is 18.0 Å². The Bertz CT molecular complexity index is 247. The molecule has 0 aromatic rings. The van der Waals surface area contributed by atoms with Crippen LogP contribution in [0, 0.1) is 5.41 Å². The number of halogens is 3. The highest BCUT2D eigenvalue weighted by Crippen LogP contribution is 2.43. The summed E-state index contributed by atoms with van der Waals surface area (Å²) in [6, 6.07) is 0. The van der Waals surface area contributed by atoms with Crippen molar-refractivity contribution in [2.45, 2.75) is 32.4 Å². The Balaban J connectivity index is 2.67. The molecule has 1 amide bonds. The minimum atomic E-state index is -4.48. The van der Waals surface area contributed by atoms with E-state index in [0.717, 1.165) is 6.42 Å². The van der Waals surface area contributed by atoms with Crippen molar-refractivity contribution in [1.82, 2.24) is 10.6 Å². The SMILES string of the molecule is CCCCNC(=O)C1(C(F)(F)F)CCNC1. The maximum atomic E-state index is 12.9. The highest BCUT2D eigenvalue weighted by atomic mass is 19.4. The largest absolute Gasteiger partial charge is 0.404 e. The normalized spacial score (nSPS) is 25.8. The molecule has 0 radical (unpaired) electrons. The van der Waals surface area contributed by atoms with Crippen LogP contribution in [0.3, 0.4) is 0 Å². The maximum Gasteiger partial charge on any atom is 0.404 e. The van der Waals surface area contributed by atoms with Crippen LogP contribution in [0.2, 0.25) is 0 Å². The third-order valence-electron chi connectivity index (χ3n) is 2.95. The number of rotatable bonds is 4. The van der Waals surface area contributed by atoms with Crippen LogP contribution in [-0.4, -0.2) is 31.7 Å². The zero-order valence-corrected chi connectivity index (χ0v) is 9.28. The Morgan fingerprint density at radius 3 is 2.62 bits per heavy atom. The van der Waals surface area contributed by atoms with E-state index in [9.17, 15) is 18.0 Å². The summed E-state index contributed by atoms with van der Waals surface area (Å²) in [5, 5.41) is 4.98. The molecule has 6 heteroatoms. The Labute approximate surface area is 92.8 Å². The van der Waals surface area contributed by atoms with E-state index in [1.807, 2.05) is 6.92 Å². The minimum absolute atomic E-state index is 0.172. The fraction of sp³-hybridized carbons (Fsp3) is 0.900. The Hall–Kier alpha value is -0.780. The van der Waals surface area contributed by atoms with Gasteiger partial charge in [0, 0.05) is 13.1 Å². The van der Waals surface area contributed by atoms with Crippen LogP contribution in [-0.2, 0) is 4.79 Å². The molecule has 0 spiro atoms. The average molecular weight is 238 g/mol. The van der Waals surface area contributed by atoms with Gasteiger partial charge < -0.3 is 10.6 Å². The molecule has 16 heavy (non-hydrogen) atoms. The molecule has 94 valence electrons. The summed E-state index contributed by atoms with van der Waals surface area (Å²) in [7, 11) is 0. The Kier molecular flexibility index (Phi) is 4.18. The van der Waals surface area contributed by atoms with Crippen molar-refractivity contribution in [3.05, 3.63) is 0 Å². The monoisotopic (exact) mass is 238 g/mol. The van der Waals surface area contributed by atoms with Gasteiger partial charge >= 0.3 is 6.18 Å². The lowest BCUT2D eigenvalue weighted by Crippen LogP contribution is -2.52. The Morgan fingerprint density at radius 2 is 2.19 bits per heavy atom. The average Bonchev–Trinajstić information content (AvgIpc) is 2.66. The van der Waals surface area contributed by atoms with E-state index in [2.05, 4.69) is 10.6 Å². The molecule has 1 aliphatic heterocycles. The summed E-state index contributed by atoms with van der Waals surface area (Å²) in [4.78, 5) is 11.6. The quantitative estimate of drug-likeness (QED) is 0.728. The molecule has 0 bridgehead atoms. The lowest BCUT2D eigenvalue weighted by Gasteiger charge is -2.29. The predicted molar refractivity (Wildman–Crippen MR) is 53.9 cm³/mol. The van der Waals surface area contributed by atoms with E-state index in [1.165, 1.54) is 0 Å². The second-order valence-corrected chi connectivity index (χ2v) is 4.12. The molecule has 0 aliphatic carbocycles. The minimum Gasteiger partial charge on any atom is -0.355 e. The number of carbonyl (C=O) groups is 1. The van der Waals surface area contributed by atoms with E-state index in [1.54, 1.807) is 0 Å². The first-order valence-corrected chi connectivity index (χ1v) is 5.50. The van der Waals surface area contributed by atoms with Gasteiger partial charge in [-0.3, -0.25) is 4.79 Å². The number of carbonyl (C=O) groups excluding carboxylic acids is 1. The molecule has 0 saturated carbocycles. The molecule has 1 saturated heterocycles. The summed E-state index contributed by atoms with van der Waals surface area (Å²) < 4.78 is 38.6. The zero-order valence-electron chi connectivity index (χ0n) is 9.28. The summed E-state index contributed by atoms with van der Waals surface area (Å²) >= 11 is 0. The first-order chi connectivity index (χ1) is 7.44. The highest BCUT2D eigenvalue weighted by molar-refractivity contribution is 5.84. The molecule has 1 fully saturated rings. The molecule has 3 nitrogen and oxygen atoms in total. The zero-order chi connectivity index (χ0) is 12.2. The number of alkyl halides is 3. The van der Waals surface area contributed by atoms with Gasteiger partial charge in [0.05, 0.1) is 0 Å². The van der Waals surface area contributed by atoms with Gasteiger partial charge in [0.25, 0.3) is 0 Å². The number of hydrogen-bond donors (Lipinski definition) is 2. The third kappa shape index (κ3) is 2.48. The van der Waals surface area contributed by atoms with Gasteiger partial charge in [-0.15, -0.1) is 0 Å². The van der Waals surface area contributed by atoms with Gasteiger partial charge in [0.2, 0.25) is 5.91 Å². The summed E-state index contributed by atoms with van der Waals surface area (Å²) in [5.41, 5.74) is -2.22. The van der Waals surface area contributed by atoms with Crippen LogP contribution in [0.25, 0.3) is 0 Å². The Morgan fingerprint density at radius 1 is 1.50 bits per heavy atom. The van der Waals surface area contributed by atoms with Gasteiger partial charge in [-0.05, 0) is 19.4 Å². The van der Waals surface area contributed by atoms with Crippen molar-refractivity contribution in [1.29, 1.82) is 0 Å². The summed E-state index contributed by atoms with van der Waals surface area (Å²) in [5.74, 6) is -0.890. The van der Waals surface area contributed by atoms with E-state index in [0.29, 0.717) is 13.0 Å². The van der Waals surface area contributed by atoms with Crippen LogP contribution < -0.4 is 10.6 Å². The first kappa shape index (κ1) is 13.3. The fourth-order valence-corrected chi connectivity index (χ4v) is 1.80. The molecular formula is C10H17F3N2O. The molecule has 0 aromatic heterocycles. The van der Waals surface area contributed by atoms with Crippen LogP contribution in [0.4, 0.5) is 13.2 Å². The molecular weight excluding hydrogens is 221 g/mol. The van der Waals surface area contributed by atoms with Crippen LogP contribution >= 0.6 is 0 Å². The van der Waals surface area contributed by atoms with Crippen molar-refractivity contribution >= 4 is 5.91 Å². The van der Waals surface area contributed by atoms with E-state index in [4.69, 9.17) is 0 Å². The lowest BCUT2D eigenvalue weighted by molar-refractivity contribution is -0.216. The number of amides is 1. The molecule has 2 N–H and O–H groups in total. The van der Waals surface area contributed by atoms with Gasteiger partial charge in [-0.25, -0.2) is 0 Å². The summed E-state index contributed by atoms with van der Waals surface area (Å²) in [6.45, 7) is 2.16. The van der Waals surface area contributed by atoms with Crippen molar-refractivity contribution in [2.75, 3.05) is 19.6 Å². The van der Waals surface area contributed by atoms with Crippen LogP contribution in [0.5, 0.6) is 0 Å². The van der Waals surface area contributed by atoms with E-state index >= 15 is 0 Å². The lowest BCUT2D eigenvalue weighted by atomic mass is 9.85. The van der Waals surface area contributed by atoms with Crippen molar-refractivity contribution in [3.63, 3.8) is 0 Å². The highest BCUT2D eigenvalue weighted by Gasteiger charge is 2.61. The van der Waals surface area contributed by atoms with Crippen molar-refractivity contribution in [3.8, 4) is 0 Å². The molecule has 0 aromatic carbocycles. The van der Waals surface area contributed by atoms with E-state index < -0.39 is 17.5 Å². The number of hydrogen-bond acceptors (Lipinski definition) is 2.